The molecule has 4 aliphatic carbocycles. The highest BCUT2D eigenvalue weighted by atomic mass is 19.1. The van der Waals surface area contributed by atoms with E-state index in [4.69, 9.17) is 4.74 Å². The first kappa shape index (κ1) is 24.3. The van der Waals surface area contributed by atoms with Gasteiger partial charge < -0.3 is 20.1 Å². The molecule has 35 heavy (non-hydrogen) atoms. The van der Waals surface area contributed by atoms with Gasteiger partial charge in [0, 0.05) is 5.92 Å². The van der Waals surface area contributed by atoms with Crippen molar-refractivity contribution in [2.75, 3.05) is 6.61 Å². The zero-order chi connectivity index (χ0) is 25.7. The van der Waals surface area contributed by atoms with Crippen LogP contribution >= 0.6 is 0 Å². The molecule has 0 aromatic heterocycles. The summed E-state index contributed by atoms with van der Waals surface area (Å²) in [7, 11) is 0. The van der Waals surface area contributed by atoms with Gasteiger partial charge in [-0.3, -0.25) is 4.79 Å². The van der Waals surface area contributed by atoms with Gasteiger partial charge >= 0.3 is 5.97 Å². The summed E-state index contributed by atoms with van der Waals surface area (Å²) in [6, 6.07) is 4.21. The summed E-state index contributed by atoms with van der Waals surface area (Å²) >= 11 is 0. The molecule has 6 nitrogen and oxygen atoms in total. The largest absolute Gasteiger partial charge is 0.451 e. The Kier molecular flexibility index (Phi) is 5.27. The Morgan fingerprint density at radius 1 is 1.26 bits per heavy atom. The number of esters is 1. The van der Waals surface area contributed by atoms with Crippen LogP contribution in [0, 0.1) is 47.2 Å². The molecule has 0 heterocycles. The van der Waals surface area contributed by atoms with Crippen LogP contribution in [-0.4, -0.2) is 51.5 Å². The van der Waals surface area contributed by atoms with E-state index in [1.165, 1.54) is 6.07 Å². The first-order valence-corrected chi connectivity index (χ1v) is 12.3. The highest BCUT2D eigenvalue weighted by Crippen LogP contribution is 2.71. The Morgan fingerprint density at radius 3 is 2.57 bits per heavy atom. The average Bonchev–Trinajstić information content (AvgIpc) is 3.27. The Balaban J connectivity index is 1.65. The first-order chi connectivity index (χ1) is 16.3. The van der Waals surface area contributed by atoms with Gasteiger partial charge in [0.25, 0.3) is 0 Å². The minimum Gasteiger partial charge on any atom is -0.451 e. The maximum atomic E-state index is 14.5. The molecule has 1 unspecified atom stereocenters. The Hall–Kier alpha value is -2.35. The smallest absolute Gasteiger partial charge is 0.342 e. The molecule has 7 heteroatoms. The number of hydrogen-bond donors (Lipinski definition) is 3. The van der Waals surface area contributed by atoms with Gasteiger partial charge in [0.2, 0.25) is 0 Å². The van der Waals surface area contributed by atoms with E-state index in [1.807, 2.05) is 6.92 Å². The Labute approximate surface area is 204 Å². The molecule has 2 bridgehead atoms. The van der Waals surface area contributed by atoms with Gasteiger partial charge in [-0.1, -0.05) is 45.1 Å². The lowest BCUT2D eigenvalue weighted by Crippen LogP contribution is -2.65. The molecule has 8 atom stereocenters. The van der Waals surface area contributed by atoms with Crippen molar-refractivity contribution in [3.8, 4) is 0 Å². The summed E-state index contributed by atoms with van der Waals surface area (Å²) in [6.07, 6.45) is 0.892. The summed E-state index contributed by atoms with van der Waals surface area (Å²) in [6.45, 7) is 8.81. The topological polar surface area (TPSA) is 104 Å². The maximum Gasteiger partial charge on any atom is 0.342 e. The lowest BCUT2D eigenvalue weighted by molar-refractivity contribution is -0.190. The van der Waals surface area contributed by atoms with Crippen LogP contribution < -0.4 is 0 Å². The lowest BCUT2D eigenvalue weighted by atomic mass is 9.59. The summed E-state index contributed by atoms with van der Waals surface area (Å²) in [4.78, 5) is 27.5. The standard InChI is InChI=1S/C28H33FO6/c1-13-7-6-8-19(29)20(13)25(33)35-24-14(2)11-27-15(3)9-18-21(26(18,4)5)17(23(27)32)10-16(12-30)22(31)28(24,27)34/h6-8,10-11,15,17-18,21-22,24,30-31,34H,9,12H2,1-5H3/t15-,17?,18-,21+,22-,24+,27+,28+/m1/s1. The van der Waals surface area contributed by atoms with Crippen LogP contribution in [0.4, 0.5) is 4.39 Å². The molecule has 0 aliphatic heterocycles. The van der Waals surface area contributed by atoms with Gasteiger partial charge in [-0.15, -0.1) is 0 Å². The number of benzene rings is 1. The zero-order valence-corrected chi connectivity index (χ0v) is 20.7. The molecule has 1 aromatic carbocycles. The summed E-state index contributed by atoms with van der Waals surface area (Å²) in [5.41, 5.74) is -3.18. The predicted molar refractivity (Wildman–Crippen MR) is 126 cm³/mol. The molecular formula is C28H33FO6. The van der Waals surface area contributed by atoms with E-state index in [2.05, 4.69) is 13.8 Å². The van der Waals surface area contributed by atoms with Crippen LogP contribution in [0.25, 0.3) is 0 Å². The van der Waals surface area contributed by atoms with E-state index >= 15 is 0 Å². The molecule has 2 saturated carbocycles. The van der Waals surface area contributed by atoms with Crippen LogP contribution in [0.3, 0.4) is 0 Å². The van der Waals surface area contributed by atoms with E-state index < -0.39 is 47.5 Å². The third kappa shape index (κ3) is 2.92. The number of halogens is 1. The van der Waals surface area contributed by atoms with Gasteiger partial charge in [-0.25, -0.2) is 9.18 Å². The second-order valence-corrected chi connectivity index (χ2v) is 11.6. The number of ether oxygens (including phenoxy) is 1. The molecule has 3 N–H and O–H groups in total. The minimum absolute atomic E-state index is 0.0318. The number of aliphatic hydroxyl groups is 3. The normalized spacial score (nSPS) is 41.1. The average molecular weight is 485 g/mol. The molecule has 5 rings (SSSR count). The summed E-state index contributed by atoms with van der Waals surface area (Å²) in [5, 5.41) is 34.1. The van der Waals surface area contributed by atoms with E-state index in [0.717, 1.165) is 6.07 Å². The summed E-state index contributed by atoms with van der Waals surface area (Å²) < 4.78 is 20.3. The second kappa shape index (κ2) is 7.58. The van der Waals surface area contributed by atoms with Crippen molar-refractivity contribution in [3.63, 3.8) is 0 Å². The molecule has 1 spiro atoms. The highest BCUT2D eigenvalue weighted by Gasteiger charge is 2.76. The number of hydrogen-bond acceptors (Lipinski definition) is 6. The van der Waals surface area contributed by atoms with E-state index in [1.54, 1.807) is 32.1 Å². The van der Waals surface area contributed by atoms with Crippen molar-refractivity contribution in [1.82, 2.24) is 0 Å². The second-order valence-electron chi connectivity index (χ2n) is 11.6. The SMILES string of the molecule is CC1=C[C@]23C(=O)C(C=C(CO)[C@@H](O)[C@]2(O)[C@H]1OC(=O)c1c(C)cccc1F)[C@H]1[C@@H](C[C@H]3C)C1(C)C. The fourth-order valence-corrected chi connectivity index (χ4v) is 7.65. The van der Waals surface area contributed by atoms with Crippen LogP contribution in [0.5, 0.6) is 0 Å². The number of aliphatic hydroxyl groups excluding tert-OH is 2. The molecule has 0 saturated heterocycles. The van der Waals surface area contributed by atoms with Gasteiger partial charge in [0.1, 0.15) is 11.9 Å². The van der Waals surface area contributed by atoms with Gasteiger partial charge in [0.15, 0.2) is 17.5 Å². The van der Waals surface area contributed by atoms with E-state index in [9.17, 15) is 29.3 Å². The van der Waals surface area contributed by atoms with Crippen molar-refractivity contribution < 1.29 is 34.0 Å². The number of aryl methyl sites for hydroxylation is 1. The number of carbonyl (C=O) groups excluding carboxylic acids is 2. The Bertz CT molecular complexity index is 1160. The first-order valence-electron chi connectivity index (χ1n) is 12.3. The third-order valence-electron chi connectivity index (χ3n) is 9.55. The predicted octanol–water partition coefficient (Wildman–Crippen LogP) is 3.13. The van der Waals surface area contributed by atoms with E-state index in [-0.39, 0.29) is 40.1 Å². The number of ketones is 1. The van der Waals surface area contributed by atoms with Crippen molar-refractivity contribution in [3.05, 3.63) is 58.4 Å². The molecule has 0 amide bonds. The maximum absolute atomic E-state index is 14.5. The van der Waals surface area contributed by atoms with Crippen molar-refractivity contribution in [1.29, 1.82) is 0 Å². The lowest BCUT2D eigenvalue weighted by Gasteiger charge is -2.48. The molecular weight excluding hydrogens is 451 g/mol. The zero-order valence-electron chi connectivity index (χ0n) is 20.7. The van der Waals surface area contributed by atoms with Crippen LogP contribution in [-0.2, 0) is 9.53 Å². The molecule has 2 fully saturated rings. The Morgan fingerprint density at radius 2 is 1.94 bits per heavy atom. The number of carbonyl (C=O) groups is 2. The van der Waals surface area contributed by atoms with Crippen molar-refractivity contribution >= 4 is 11.8 Å². The number of rotatable bonds is 3. The number of Topliss-reactive ketones (excluding diaryl/α,β-unsaturated/α-hetero) is 1. The third-order valence-corrected chi connectivity index (χ3v) is 9.55. The monoisotopic (exact) mass is 484 g/mol. The highest BCUT2D eigenvalue weighted by molar-refractivity contribution is 5.96. The van der Waals surface area contributed by atoms with Crippen LogP contribution in [0.2, 0.25) is 0 Å². The molecule has 0 radical (unpaired) electrons. The van der Waals surface area contributed by atoms with Crippen molar-refractivity contribution in [2.45, 2.75) is 58.8 Å². The van der Waals surface area contributed by atoms with Crippen LogP contribution in [0.1, 0.15) is 50.0 Å². The van der Waals surface area contributed by atoms with Crippen LogP contribution in [0.15, 0.2) is 41.5 Å². The van der Waals surface area contributed by atoms with Gasteiger partial charge in [-0.2, -0.15) is 0 Å². The minimum atomic E-state index is -2.24. The molecule has 1 aromatic rings. The molecule has 188 valence electrons. The molecule has 4 aliphatic rings. The van der Waals surface area contributed by atoms with Crippen molar-refractivity contribution in [2.24, 2.45) is 34.5 Å². The summed E-state index contributed by atoms with van der Waals surface area (Å²) in [5.74, 6) is -2.64. The number of allylic oxidation sites excluding steroid dienone is 1. The van der Waals surface area contributed by atoms with Gasteiger partial charge in [0.05, 0.1) is 17.6 Å². The fraction of sp³-hybridized carbons (Fsp3) is 0.571. The fourth-order valence-electron chi connectivity index (χ4n) is 7.65. The van der Waals surface area contributed by atoms with E-state index in [0.29, 0.717) is 17.6 Å². The quantitative estimate of drug-likeness (QED) is 0.450. The number of fused-ring (bicyclic) bond motifs is 3. The van der Waals surface area contributed by atoms with Gasteiger partial charge in [-0.05, 0) is 66.2 Å².